The predicted octanol–water partition coefficient (Wildman–Crippen LogP) is 1.84. The first-order valence-electron chi connectivity index (χ1n) is 6.07. The van der Waals surface area contributed by atoms with Crippen molar-refractivity contribution in [2.75, 3.05) is 19.7 Å². The Morgan fingerprint density at radius 3 is 3.12 bits per heavy atom. The summed E-state index contributed by atoms with van der Waals surface area (Å²) in [5, 5.41) is 10.3. The van der Waals surface area contributed by atoms with E-state index in [0.29, 0.717) is 0 Å². The summed E-state index contributed by atoms with van der Waals surface area (Å²) in [6, 6.07) is 3.97. The molecule has 0 saturated carbocycles. The van der Waals surface area contributed by atoms with Crippen molar-refractivity contribution in [1.82, 2.24) is 4.90 Å². The van der Waals surface area contributed by atoms with Crippen LogP contribution in [0.4, 0.5) is 0 Å². The fourth-order valence-electron chi connectivity index (χ4n) is 2.66. The van der Waals surface area contributed by atoms with Gasteiger partial charge in [0.05, 0.1) is 12.7 Å². The molecule has 2 heterocycles. The Hall–Kier alpha value is -0.770. The Labute approximate surface area is 106 Å². The molecule has 4 heteroatoms. The van der Waals surface area contributed by atoms with Crippen molar-refractivity contribution in [1.29, 1.82) is 0 Å². The van der Waals surface area contributed by atoms with Crippen LogP contribution in [0.25, 0.3) is 0 Å². The molecule has 0 amide bonds. The average Bonchev–Trinajstić information content (AvgIpc) is 2.87. The van der Waals surface area contributed by atoms with Gasteiger partial charge in [-0.3, -0.25) is 4.90 Å². The monoisotopic (exact) mass is 253 g/mol. The van der Waals surface area contributed by atoms with Gasteiger partial charge in [0.1, 0.15) is 5.75 Å². The lowest BCUT2D eigenvalue weighted by Gasteiger charge is -2.17. The SMILES string of the molecule is O[C@@H]1CCN(Cc2cc(Cl)cc3c2OCC3)C1. The molecule has 92 valence electrons. The highest BCUT2D eigenvalue weighted by Gasteiger charge is 2.23. The van der Waals surface area contributed by atoms with E-state index in [1.165, 1.54) is 5.56 Å². The van der Waals surface area contributed by atoms with Gasteiger partial charge in [0.2, 0.25) is 0 Å². The molecule has 1 saturated heterocycles. The van der Waals surface area contributed by atoms with Gasteiger partial charge in [0.15, 0.2) is 0 Å². The second-order valence-electron chi connectivity index (χ2n) is 4.83. The highest BCUT2D eigenvalue weighted by molar-refractivity contribution is 6.30. The van der Waals surface area contributed by atoms with E-state index in [1.54, 1.807) is 0 Å². The van der Waals surface area contributed by atoms with Crippen LogP contribution in [0.3, 0.4) is 0 Å². The minimum absolute atomic E-state index is 0.178. The van der Waals surface area contributed by atoms with E-state index in [-0.39, 0.29) is 6.10 Å². The van der Waals surface area contributed by atoms with Crippen molar-refractivity contribution in [3.05, 3.63) is 28.3 Å². The summed E-state index contributed by atoms with van der Waals surface area (Å²) in [5.41, 5.74) is 2.37. The van der Waals surface area contributed by atoms with Crippen molar-refractivity contribution in [2.24, 2.45) is 0 Å². The molecule has 1 atom stereocenters. The molecule has 0 aromatic heterocycles. The van der Waals surface area contributed by atoms with E-state index in [9.17, 15) is 5.11 Å². The van der Waals surface area contributed by atoms with Crippen molar-refractivity contribution < 1.29 is 9.84 Å². The maximum Gasteiger partial charge on any atom is 0.127 e. The quantitative estimate of drug-likeness (QED) is 0.873. The molecule has 0 unspecified atom stereocenters. The molecule has 17 heavy (non-hydrogen) atoms. The first-order chi connectivity index (χ1) is 8.22. The lowest BCUT2D eigenvalue weighted by Crippen LogP contribution is -2.21. The van der Waals surface area contributed by atoms with Crippen LogP contribution < -0.4 is 4.74 Å². The van der Waals surface area contributed by atoms with Crippen molar-refractivity contribution in [3.8, 4) is 5.75 Å². The summed E-state index contributed by atoms with van der Waals surface area (Å²) in [6.45, 7) is 3.27. The van der Waals surface area contributed by atoms with Gasteiger partial charge in [-0.1, -0.05) is 11.6 Å². The van der Waals surface area contributed by atoms with E-state index in [1.807, 2.05) is 12.1 Å². The minimum atomic E-state index is -0.178. The molecule has 1 aromatic carbocycles. The zero-order valence-corrected chi connectivity index (χ0v) is 10.4. The minimum Gasteiger partial charge on any atom is -0.493 e. The fraction of sp³-hybridized carbons (Fsp3) is 0.538. The van der Waals surface area contributed by atoms with Crippen molar-refractivity contribution in [2.45, 2.75) is 25.5 Å². The number of likely N-dealkylation sites (tertiary alicyclic amines) is 1. The molecule has 3 rings (SSSR count). The third-order valence-corrected chi connectivity index (χ3v) is 3.69. The smallest absolute Gasteiger partial charge is 0.127 e. The van der Waals surface area contributed by atoms with E-state index in [0.717, 1.165) is 55.4 Å². The standard InChI is InChI=1S/C13H16ClNO2/c14-11-5-9-2-4-17-13(9)10(6-11)7-15-3-1-12(16)8-15/h5-6,12,16H,1-4,7-8H2/t12-/m1/s1. The molecule has 0 bridgehead atoms. The summed E-state index contributed by atoms with van der Waals surface area (Å²) in [5.74, 6) is 1.01. The number of rotatable bonds is 2. The van der Waals surface area contributed by atoms with E-state index in [4.69, 9.17) is 16.3 Å². The molecule has 1 fully saturated rings. The zero-order valence-electron chi connectivity index (χ0n) is 9.66. The number of aliphatic hydroxyl groups is 1. The lowest BCUT2D eigenvalue weighted by atomic mass is 10.1. The van der Waals surface area contributed by atoms with E-state index in [2.05, 4.69) is 4.90 Å². The van der Waals surface area contributed by atoms with Gasteiger partial charge in [-0.2, -0.15) is 0 Å². The first-order valence-corrected chi connectivity index (χ1v) is 6.44. The number of ether oxygens (including phenoxy) is 1. The van der Waals surface area contributed by atoms with Crippen LogP contribution in [0, 0.1) is 0 Å². The Bertz CT molecular complexity index is 436. The maximum atomic E-state index is 9.53. The molecular formula is C13H16ClNO2. The lowest BCUT2D eigenvalue weighted by molar-refractivity contribution is 0.174. The van der Waals surface area contributed by atoms with Crippen LogP contribution in [-0.4, -0.2) is 35.8 Å². The van der Waals surface area contributed by atoms with Crippen LogP contribution in [0.5, 0.6) is 5.75 Å². The molecule has 1 N–H and O–H groups in total. The molecule has 0 radical (unpaired) electrons. The maximum absolute atomic E-state index is 9.53. The van der Waals surface area contributed by atoms with Gasteiger partial charge in [0.25, 0.3) is 0 Å². The summed E-state index contributed by atoms with van der Waals surface area (Å²) in [7, 11) is 0. The Kier molecular flexibility index (Phi) is 2.99. The third-order valence-electron chi connectivity index (χ3n) is 3.47. The topological polar surface area (TPSA) is 32.7 Å². The Morgan fingerprint density at radius 1 is 1.47 bits per heavy atom. The number of fused-ring (bicyclic) bond motifs is 1. The highest BCUT2D eigenvalue weighted by Crippen LogP contribution is 2.34. The third kappa shape index (κ3) is 2.28. The largest absolute Gasteiger partial charge is 0.493 e. The first kappa shape index (κ1) is 11.3. The van der Waals surface area contributed by atoms with E-state index >= 15 is 0 Å². The van der Waals surface area contributed by atoms with Gasteiger partial charge >= 0.3 is 0 Å². The molecule has 0 spiro atoms. The highest BCUT2D eigenvalue weighted by atomic mass is 35.5. The normalized spacial score (nSPS) is 23.8. The Morgan fingerprint density at radius 2 is 2.35 bits per heavy atom. The molecule has 2 aliphatic rings. The van der Waals surface area contributed by atoms with Gasteiger partial charge in [-0.25, -0.2) is 0 Å². The van der Waals surface area contributed by atoms with Gasteiger partial charge in [-0.05, 0) is 24.1 Å². The van der Waals surface area contributed by atoms with Crippen LogP contribution in [0.1, 0.15) is 17.5 Å². The molecule has 3 nitrogen and oxygen atoms in total. The number of benzene rings is 1. The Balaban J connectivity index is 1.83. The summed E-state index contributed by atoms with van der Waals surface area (Å²) in [4.78, 5) is 2.25. The average molecular weight is 254 g/mol. The number of β-amino-alcohol motifs (C(OH)–C–C–N with tert-alkyl or cyclic N) is 1. The van der Waals surface area contributed by atoms with Gasteiger partial charge < -0.3 is 9.84 Å². The number of hydrogen-bond donors (Lipinski definition) is 1. The number of halogens is 1. The molecule has 2 aliphatic heterocycles. The van der Waals surface area contributed by atoms with Gasteiger partial charge in [-0.15, -0.1) is 0 Å². The summed E-state index contributed by atoms with van der Waals surface area (Å²) in [6.07, 6.45) is 1.64. The predicted molar refractivity (Wildman–Crippen MR) is 66.6 cm³/mol. The van der Waals surface area contributed by atoms with Crippen LogP contribution in [0.15, 0.2) is 12.1 Å². The summed E-state index contributed by atoms with van der Waals surface area (Å²) < 4.78 is 5.67. The van der Waals surface area contributed by atoms with Crippen molar-refractivity contribution in [3.63, 3.8) is 0 Å². The van der Waals surface area contributed by atoms with Crippen molar-refractivity contribution >= 4 is 11.6 Å². The molecule has 0 aliphatic carbocycles. The second-order valence-corrected chi connectivity index (χ2v) is 5.27. The van der Waals surface area contributed by atoms with Crippen LogP contribution >= 0.6 is 11.6 Å². The van der Waals surface area contributed by atoms with Crippen LogP contribution in [-0.2, 0) is 13.0 Å². The number of hydrogen-bond acceptors (Lipinski definition) is 3. The number of nitrogens with zero attached hydrogens (tertiary/aromatic N) is 1. The van der Waals surface area contributed by atoms with Crippen LogP contribution in [0.2, 0.25) is 5.02 Å². The van der Waals surface area contributed by atoms with E-state index < -0.39 is 0 Å². The zero-order chi connectivity index (χ0) is 11.8. The summed E-state index contributed by atoms with van der Waals surface area (Å²) >= 11 is 6.12. The number of aliphatic hydroxyl groups excluding tert-OH is 1. The fourth-order valence-corrected chi connectivity index (χ4v) is 2.92. The van der Waals surface area contributed by atoms with Gasteiger partial charge in [0, 0.05) is 36.6 Å². The second kappa shape index (κ2) is 4.48. The molecular weight excluding hydrogens is 238 g/mol. The molecule has 1 aromatic rings.